The number of rotatable bonds is 6. The van der Waals surface area contributed by atoms with Gasteiger partial charge in [0.15, 0.2) is 5.16 Å². The normalized spacial score (nSPS) is 15.5. The van der Waals surface area contributed by atoms with Gasteiger partial charge >= 0.3 is 5.97 Å². The van der Waals surface area contributed by atoms with Gasteiger partial charge in [0.25, 0.3) is 5.91 Å². The summed E-state index contributed by atoms with van der Waals surface area (Å²) >= 11 is 1.59. The van der Waals surface area contributed by atoms with Crippen LogP contribution in [-0.2, 0) is 18.2 Å². The Bertz CT molecular complexity index is 1030. The van der Waals surface area contributed by atoms with E-state index in [4.69, 9.17) is 4.74 Å². The number of cyclic esters (lactones) is 1. The lowest BCUT2D eigenvalue weighted by Gasteiger charge is -2.25. The van der Waals surface area contributed by atoms with Crippen molar-refractivity contribution in [1.29, 1.82) is 0 Å². The molecule has 0 aliphatic carbocycles. The number of fused-ring (bicyclic) bond motifs is 1. The molecule has 1 aromatic heterocycles. The third-order valence-corrected chi connectivity index (χ3v) is 5.87. The number of imidazole rings is 1. The van der Waals surface area contributed by atoms with Crippen molar-refractivity contribution in [3.63, 3.8) is 0 Å². The first-order valence-electron chi connectivity index (χ1n) is 9.39. The van der Waals surface area contributed by atoms with Crippen LogP contribution in [0.15, 0.2) is 66.1 Å². The molecule has 2 heterocycles. The van der Waals surface area contributed by atoms with Crippen LogP contribution in [0.5, 0.6) is 0 Å². The van der Waals surface area contributed by atoms with Crippen molar-refractivity contribution in [3.8, 4) is 0 Å². The van der Waals surface area contributed by atoms with Crippen LogP contribution in [0.1, 0.15) is 37.9 Å². The molecule has 1 amide bonds. The van der Waals surface area contributed by atoms with Gasteiger partial charge in [-0.2, -0.15) is 0 Å². The third kappa shape index (κ3) is 4.35. The molecule has 4 rings (SSSR count). The van der Waals surface area contributed by atoms with Gasteiger partial charge < -0.3 is 14.6 Å². The van der Waals surface area contributed by atoms with Crippen LogP contribution in [0.3, 0.4) is 0 Å². The predicted octanol–water partition coefficient (Wildman–Crippen LogP) is 3.40. The highest BCUT2D eigenvalue weighted by Crippen LogP contribution is 2.31. The summed E-state index contributed by atoms with van der Waals surface area (Å²) in [5, 5.41) is 3.84. The maximum Gasteiger partial charge on any atom is 0.339 e. The van der Waals surface area contributed by atoms with E-state index in [0.717, 1.165) is 22.0 Å². The molecule has 1 N–H and O–H groups in total. The van der Waals surface area contributed by atoms with Crippen LogP contribution in [0, 0.1) is 0 Å². The number of hydrogen-bond donors (Lipinski definition) is 1. The molecular formula is C22H21N3O3S. The highest BCUT2D eigenvalue weighted by Gasteiger charge is 2.28. The van der Waals surface area contributed by atoms with Crippen LogP contribution < -0.4 is 5.32 Å². The molecular weight excluding hydrogens is 386 g/mol. The summed E-state index contributed by atoms with van der Waals surface area (Å²) in [6.07, 6.45) is 3.87. The Balaban J connectivity index is 1.40. The van der Waals surface area contributed by atoms with E-state index in [1.54, 1.807) is 36.2 Å². The maximum absolute atomic E-state index is 12.5. The van der Waals surface area contributed by atoms with Crippen molar-refractivity contribution in [1.82, 2.24) is 14.9 Å². The molecule has 1 aliphatic heterocycles. The van der Waals surface area contributed by atoms with Crippen molar-refractivity contribution in [2.75, 3.05) is 12.3 Å². The standard InChI is InChI=1S/C22H21N3O3S/c1-25-11-9-24-22(25)29-12-10-23-20(26)16-7-8-18-17(13-16)14-19(28-21(18)27)15-5-3-2-4-6-15/h2-9,11,13,19H,10,12,14H2,1H3,(H,23,26). The van der Waals surface area contributed by atoms with Crippen molar-refractivity contribution < 1.29 is 14.3 Å². The summed E-state index contributed by atoms with van der Waals surface area (Å²) in [7, 11) is 1.94. The number of hydrogen-bond acceptors (Lipinski definition) is 5. The number of nitrogens with one attached hydrogen (secondary N) is 1. The van der Waals surface area contributed by atoms with Gasteiger partial charge in [-0.05, 0) is 29.3 Å². The summed E-state index contributed by atoms with van der Waals surface area (Å²) in [6.45, 7) is 0.530. The molecule has 6 nitrogen and oxygen atoms in total. The molecule has 148 valence electrons. The smallest absolute Gasteiger partial charge is 0.339 e. The largest absolute Gasteiger partial charge is 0.454 e. The van der Waals surface area contributed by atoms with Crippen molar-refractivity contribution >= 4 is 23.6 Å². The molecule has 0 bridgehead atoms. The molecule has 7 heteroatoms. The van der Waals surface area contributed by atoms with Gasteiger partial charge in [0, 0.05) is 43.7 Å². The van der Waals surface area contributed by atoms with E-state index in [2.05, 4.69) is 10.3 Å². The van der Waals surface area contributed by atoms with E-state index >= 15 is 0 Å². The molecule has 29 heavy (non-hydrogen) atoms. The van der Waals surface area contributed by atoms with E-state index in [1.165, 1.54) is 0 Å². The van der Waals surface area contributed by atoms with E-state index in [-0.39, 0.29) is 18.0 Å². The fourth-order valence-corrected chi connectivity index (χ4v) is 4.08. The SMILES string of the molecule is Cn1ccnc1SCCNC(=O)c1ccc2c(c1)CC(c1ccccc1)OC2=O. The Labute approximate surface area is 173 Å². The Hall–Kier alpha value is -3.06. The molecule has 2 aromatic carbocycles. The number of aryl methyl sites for hydroxylation is 1. The summed E-state index contributed by atoms with van der Waals surface area (Å²) in [6, 6.07) is 14.8. The number of ether oxygens (including phenoxy) is 1. The first kappa shape index (κ1) is 19.3. The average molecular weight is 407 g/mol. The van der Waals surface area contributed by atoms with Crippen molar-refractivity contribution in [3.05, 3.63) is 83.2 Å². The number of carbonyl (C=O) groups excluding carboxylic acids is 2. The zero-order valence-electron chi connectivity index (χ0n) is 16.0. The van der Waals surface area contributed by atoms with Gasteiger partial charge in [-0.15, -0.1) is 0 Å². The number of esters is 1. The van der Waals surface area contributed by atoms with Crippen LogP contribution >= 0.6 is 11.8 Å². The lowest BCUT2D eigenvalue weighted by atomic mass is 9.93. The molecule has 1 atom stereocenters. The maximum atomic E-state index is 12.5. The number of thioether (sulfide) groups is 1. The Morgan fingerprint density at radius 1 is 1.28 bits per heavy atom. The third-order valence-electron chi connectivity index (χ3n) is 4.81. The van der Waals surface area contributed by atoms with Gasteiger partial charge in [0.1, 0.15) is 6.10 Å². The first-order valence-corrected chi connectivity index (χ1v) is 10.4. The number of aromatic nitrogens is 2. The van der Waals surface area contributed by atoms with E-state index < -0.39 is 0 Å². The van der Waals surface area contributed by atoms with Crippen molar-refractivity contribution in [2.45, 2.75) is 17.7 Å². The zero-order chi connectivity index (χ0) is 20.2. The Kier molecular flexibility index (Phi) is 5.67. The molecule has 3 aromatic rings. The minimum atomic E-state index is -0.349. The second kappa shape index (κ2) is 8.53. The van der Waals surface area contributed by atoms with E-state index in [9.17, 15) is 9.59 Å². The minimum Gasteiger partial charge on any atom is -0.454 e. The number of benzene rings is 2. The summed E-state index contributed by atoms with van der Waals surface area (Å²) < 4.78 is 7.52. The molecule has 0 spiro atoms. The zero-order valence-corrected chi connectivity index (χ0v) is 16.8. The average Bonchev–Trinajstić information content (AvgIpc) is 3.16. The fourth-order valence-electron chi connectivity index (χ4n) is 3.29. The van der Waals surface area contributed by atoms with E-state index in [1.807, 2.05) is 48.1 Å². The molecule has 0 radical (unpaired) electrons. The quantitative estimate of drug-likeness (QED) is 0.385. The highest BCUT2D eigenvalue weighted by molar-refractivity contribution is 7.99. The van der Waals surface area contributed by atoms with E-state index in [0.29, 0.717) is 24.1 Å². The van der Waals surface area contributed by atoms with Gasteiger partial charge in [-0.1, -0.05) is 42.1 Å². The lowest BCUT2D eigenvalue weighted by Crippen LogP contribution is -2.27. The monoisotopic (exact) mass is 407 g/mol. The number of nitrogens with zero attached hydrogens (tertiary/aromatic N) is 2. The number of amides is 1. The second-order valence-corrected chi connectivity index (χ2v) is 7.87. The van der Waals surface area contributed by atoms with Crippen LogP contribution in [-0.4, -0.2) is 33.7 Å². The Morgan fingerprint density at radius 2 is 2.10 bits per heavy atom. The highest BCUT2D eigenvalue weighted by atomic mass is 32.2. The lowest BCUT2D eigenvalue weighted by molar-refractivity contribution is 0.0252. The Morgan fingerprint density at radius 3 is 2.86 bits per heavy atom. The summed E-state index contributed by atoms with van der Waals surface area (Å²) in [5.41, 5.74) is 2.86. The summed E-state index contributed by atoms with van der Waals surface area (Å²) in [5.74, 6) is 0.228. The van der Waals surface area contributed by atoms with Crippen LogP contribution in [0.4, 0.5) is 0 Å². The molecule has 0 saturated carbocycles. The fraction of sp³-hybridized carbons (Fsp3) is 0.227. The van der Waals surface area contributed by atoms with Crippen LogP contribution in [0.2, 0.25) is 0 Å². The molecule has 1 aliphatic rings. The molecule has 1 unspecified atom stereocenters. The summed E-state index contributed by atoms with van der Waals surface area (Å²) in [4.78, 5) is 29.1. The van der Waals surface area contributed by atoms with Gasteiger partial charge in [-0.25, -0.2) is 9.78 Å². The molecule has 0 fully saturated rings. The number of carbonyl (C=O) groups is 2. The van der Waals surface area contributed by atoms with Gasteiger partial charge in [-0.3, -0.25) is 4.79 Å². The van der Waals surface area contributed by atoms with Gasteiger partial charge in [0.2, 0.25) is 0 Å². The predicted molar refractivity (Wildman–Crippen MR) is 111 cm³/mol. The molecule has 0 saturated heterocycles. The van der Waals surface area contributed by atoms with Crippen molar-refractivity contribution in [2.24, 2.45) is 7.05 Å². The topological polar surface area (TPSA) is 73.2 Å². The van der Waals surface area contributed by atoms with Gasteiger partial charge in [0.05, 0.1) is 5.56 Å². The second-order valence-electron chi connectivity index (χ2n) is 6.81. The first-order chi connectivity index (χ1) is 14.1. The van der Waals surface area contributed by atoms with Crippen LogP contribution in [0.25, 0.3) is 0 Å². The minimum absolute atomic E-state index is 0.150.